The van der Waals surface area contributed by atoms with Gasteiger partial charge < -0.3 is 19.4 Å². The number of aryl methyl sites for hydroxylation is 1. The lowest BCUT2D eigenvalue weighted by Gasteiger charge is -2.24. The van der Waals surface area contributed by atoms with E-state index in [0.29, 0.717) is 26.2 Å². The van der Waals surface area contributed by atoms with E-state index in [0.717, 1.165) is 30.1 Å². The molecule has 1 atom stereocenters. The average molecular weight is 330 g/mol. The Bertz CT molecular complexity index is 686. The first-order chi connectivity index (χ1) is 11.8. The first-order valence-corrected chi connectivity index (χ1v) is 8.12. The van der Waals surface area contributed by atoms with Crippen molar-refractivity contribution < 1.29 is 14.3 Å². The van der Waals surface area contributed by atoms with E-state index in [1.165, 1.54) is 0 Å². The highest BCUT2D eigenvalue weighted by Gasteiger charge is 2.25. The number of carbonyl (C=O) groups is 1. The molecular formula is C17H22N4O3. The number of amides is 1. The molecule has 0 saturated heterocycles. The molecule has 0 radical (unpaired) electrons. The first-order valence-electron chi connectivity index (χ1n) is 8.12. The largest absolute Gasteiger partial charge is 0.492 e. The Morgan fingerprint density at radius 1 is 1.46 bits per heavy atom. The van der Waals surface area contributed by atoms with Gasteiger partial charge in [-0.05, 0) is 24.5 Å². The Hall–Kier alpha value is -2.41. The molecule has 0 aliphatic carbocycles. The molecule has 1 aromatic carbocycles. The number of methoxy groups -OCH3 is 1. The maximum atomic E-state index is 12.4. The van der Waals surface area contributed by atoms with Gasteiger partial charge in [0.05, 0.1) is 12.5 Å². The number of hydrogen-bond donors (Lipinski definition) is 1. The molecule has 7 heteroatoms. The SMILES string of the molecule is COCCCn1cnnc1CNC(=O)[C@@H]1COc2ccccc2C1. The zero-order valence-electron chi connectivity index (χ0n) is 13.8. The summed E-state index contributed by atoms with van der Waals surface area (Å²) >= 11 is 0. The number of aromatic nitrogens is 3. The molecule has 2 aromatic rings. The van der Waals surface area contributed by atoms with Crippen LogP contribution in [0, 0.1) is 5.92 Å². The predicted octanol–water partition coefficient (Wildman–Crippen LogP) is 1.18. The summed E-state index contributed by atoms with van der Waals surface area (Å²) in [7, 11) is 1.68. The lowest BCUT2D eigenvalue weighted by molar-refractivity contribution is -0.126. The lowest BCUT2D eigenvalue weighted by atomic mass is 9.96. The van der Waals surface area contributed by atoms with Gasteiger partial charge in [-0.3, -0.25) is 4.79 Å². The standard InChI is InChI=1S/C17H22N4O3/c1-23-8-4-7-21-12-19-20-16(21)10-18-17(22)14-9-13-5-2-3-6-15(13)24-11-14/h2-3,5-6,12,14H,4,7-11H2,1H3,(H,18,22)/t14-/m0/s1. The van der Waals surface area contributed by atoms with Crippen molar-refractivity contribution in [2.75, 3.05) is 20.3 Å². The molecule has 1 N–H and O–H groups in total. The van der Waals surface area contributed by atoms with E-state index in [-0.39, 0.29) is 11.8 Å². The number of nitrogens with one attached hydrogen (secondary N) is 1. The summed E-state index contributed by atoms with van der Waals surface area (Å²) in [6.45, 7) is 2.22. The van der Waals surface area contributed by atoms with Crippen molar-refractivity contribution >= 4 is 5.91 Å². The molecule has 0 unspecified atom stereocenters. The third kappa shape index (κ3) is 3.91. The molecule has 1 aromatic heterocycles. The summed E-state index contributed by atoms with van der Waals surface area (Å²) in [6, 6.07) is 7.84. The van der Waals surface area contributed by atoms with E-state index >= 15 is 0 Å². The fraction of sp³-hybridized carbons (Fsp3) is 0.471. The fourth-order valence-electron chi connectivity index (χ4n) is 2.79. The summed E-state index contributed by atoms with van der Waals surface area (Å²) in [5.41, 5.74) is 1.08. The lowest BCUT2D eigenvalue weighted by Crippen LogP contribution is -2.37. The molecule has 2 heterocycles. The van der Waals surface area contributed by atoms with Crippen LogP contribution in [0.25, 0.3) is 0 Å². The Morgan fingerprint density at radius 2 is 2.33 bits per heavy atom. The van der Waals surface area contributed by atoms with Gasteiger partial charge in [0.2, 0.25) is 5.91 Å². The van der Waals surface area contributed by atoms with E-state index in [1.807, 2.05) is 28.8 Å². The maximum absolute atomic E-state index is 12.4. The quantitative estimate of drug-likeness (QED) is 0.771. The van der Waals surface area contributed by atoms with Crippen LogP contribution in [0.2, 0.25) is 0 Å². The molecule has 128 valence electrons. The zero-order chi connectivity index (χ0) is 16.8. The van der Waals surface area contributed by atoms with Crippen LogP contribution in [0.5, 0.6) is 5.75 Å². The van der Waals surface area contributed by atoms with Crippen molar-refractivity contribution in [3.8, 4) is 5.75 Å². The van der Waals surface area contributed by atoms with E-state index in [1.54, 1.807) is 13.4 Å². The molecule has 0 bridgehead atoms. The Morgan fingerprint density at radius 3 is 3.21 bits per heavy atom. The summed E-state index contributed by atoms with van der Waals surface area (Å²) in [5.74, 6) is 1.43. The summed E-state index contributed by atoms with van der Waals surface area (Å²) in [5, 5.41) is 10.9. The summed E-state index contributed by atoms with van der Waals surface area (Å²) < 4.78 is 12.7. The van der Waals surface area contributed by atoms with Crippen molar-refractivity contribution in [2.24, 2.45) is 5.92 Å². The van der Waals surface area contributed by atoms with E-state index in [2.05, 4.69) is 15.5 Å². The van der Waals surface area contributed by atoms with Gasteiger partial charge in [-0.1, -0.05) is 18.2 Å². The van der Waals surface area contributed by atoms with Crippen LogP contribution < -0.4 is 10.1 Å². The van der Waals surface area contributed by atoms with E-state index < -0.39 is 0 Å². The molecular weight excluding hydrogens is 308 g/mol. The number of ether oxygens (including phenoxy) is 2. The Labute approximate surface area is 141 Å². The van der Waals surface area contributed by atoms with Crippen molar-refractivity contribution in [1.29, 1.82) is 0 Å². The smallest absolute Gasteiger partial charge is 0.227 e. The molecule has 1 aliphatic rings. The van der Waals surface area contributed by atoms with Gasteiger partial charge in [0.1, 0.15) is 18.7 Å². The number of para-hydroxylation sites is 1. The Kier molecular flexibility index (Phi) is 5.43. The molecule has 0 saturated carbocycles. The zero-order valence-corrected chi connectivity index (χ0v) is 13.8. The van der Waals surface area contributed by atoms with Crippen LogP contribution in [-0.4, -0.2) is 41.0 Å². The fourth-order valence-corrected chi connectivity index (χ4v) is 2.79. The minimum absolute atomic E-state index is 0.0176. The number of fused-ring (bicyclic) bond motifs is 1. The summed E-state index contributed by atoms with van der Waals surface area (Å²) in [6.07, 6.45) is 3.25. The predicted molar refractivity (Wildman–Crippen MR) is 87.5 cm³/mol. The van der Waals surface area contributed by atoms with E-state index in [9.17, 15) is 4.79 Å². The normalized spacial score (nSPS) is 16.3. The second-order valence-electron chi connectivity index (χ2n) is 5.82. The van der Waals surface area contributed by atoms with Gasteiger partial charge in [0.15, 0.2) is 5.82 Å². The number of carbonyl (C=O) groups excluding carboxylic acids is 1. The van der Waals surface area contributed by atoms with Crippen molar-refractivity contribution in [3.05, 3.63) is 42.0 Å². The summed E-state index contributed by atoms with van der Waals surface area (Å²) in [4.78, 5) is 12.4. The van der Waals surface area contributed by atoms with Crippen LogP contribution in [0.4, 0.5) is 0 Å². The van der Waals surface area contributed by atoms with Gasteiger partial charge >= 0.3 is 0 Å². The average Bonchev–Trinajstić information content (AvgIpc) is 3.07. The molecule has 0 fully saturated rings. The highest BCUT2D eigenvalue weighted by atomic mass is 16.5. The minimum Gasteiger partial charge on any atom is -0.492 e. The van der Waals surface area contributed by atoms with Crippen LogP contribution in [0.3, 0.4) is 0 Å². The second-order valence-corrected chi connectivity index (χ2v) is 5.82. The number of nitrogens with zero attached hydrogens (tertiary/aromatic N) is 3. The maximum Gasteiger partial charge on any atom is 0.227 e. The van der Waals surface area contributed by atoms with Gasteiger partial charge in [-0.15, -0.1) is 10.2 Å². The van der Waals surface area contributed by atoms with Crippen LogP contribution in [-0.2, 0) is 29.0 Å². The topological polar surface area (TPSA) is 78.3 Å². The number of benzene rings is 1. The van der Waals surface area contributed by atoms with Crippen LogP contribution in [0.15, 0.2) is 30.6 Å². The van der Waals surface area contributed by atoms with Crippen LogP contribution in [0.1, 0.15) is 17.8 Å². The van der Waals surface area contributed by atoms with Crippen LogP contribution >= 0.6 is 0 Å². The van der Waals surface area contributed by atoms with Crippen molar-refractivity contribution in [1.82, 2.24) is 20.1 Å². The van der Waals surface area contributed by atoms with Gasteiger partial charge in [-0.2, -0.15) is 0 Å². The molecule has 7 nitrogen and oxygen atoms in total. The third-order valence-electron chi connectivity index (χ3n) is 4.11. The minimum atomic E-state index is -0.176. The number of hydrogen-bond acceptors (Lipinski definition) is 5. The number of rotatable bonds is 7. The third-order valence-corrected chi connectivity index (χ3v) is 4.11. The molecule has 3 rings (SSSR count). The van der Waals surface area contributed by atoms with Gasteiger partial charge in [-0.25, -0.2) is 0 Å². The highest BCUT2D eigenvalue weighted by Crippen LogP contribution is 2.26. The molecule has 24 heavy (non-hydrogen) atoms. The second kappa shape index (κ2) is 7.92. The Balaban J connectivity index is 1.52. The van der Waals surface area contributed by atoms with Gasteiger partial charge in [0, 0.05) is 20.3 Å². The van der Waals surface area contributed by atoms with Gasteiger partial charge in [0.25, 0.3) is 0 Å². The molecule has 0 spiro atoms. The molecule has 1 amide bonds. The van der Waals surface area contributed by atoms with E-state index in [4.69, 9.17) is 9.47 Å². The molecule has 1 aliphatic heterocycles. The first kappa shape index (κ1) is 16.4. The monoisotopic (exact) mass is 330 g/mol. The van der Waals surface area contributed by atoms with Crippen molar-refractivity contribution in [2.45, 2.75) is 25.9 Å². The highest BCUT2D eigenvalue weighted by molar-refractivity contribution is 5.79. The van der Waals surface area contributed by atoms with Crippen molar-refractivity contribution in [3.63, 3.8) is 0 Å².